The van der Waals surface area contributed by atoms with E-state index in [1.165, 1.54) is 0 Å². The maximum atomic E-state index is 12.7. The first-order chi connectivity index (χ1) is 16.0. The summed E-state index contributed by atoms with van der Waals surface area (Å²) < 4.78 is 16.6. The zero-order valence-electron chi connectivity index (χ0n) is 19.2. The van der Waals surface area contributed by atoms with Gasteiger partial charge in [0.2, 0.25) is 6.79 Å². The van der Waals surface area contributed by atoms with Gasteiger partial charge in [-0.25, -0.2) is 10.7 Å². The van der Waals surface area contributed by atoms with Crippen LogP contribution in [0.3, 0.4) is 0 Å². The van der Waals surface area contributed by atoms with E-state index in [-0.39, 0.29) is 25.6 Å². The fourth-order valence-electron chi connectivity index (χ4n) is 3.29. The highest BCUT2D eigenvalue weighted by molar-refractivity contribution is 5.76. The van der Waals surface area contributed by atoms with Gasteiger partial charge in [0.05, 0.1) is 12.4 Å². The summed E-state index contributed by atoms with van der Waals surface area (Å²) in [7, 11) is 0. The molecule has 1 fully saturated rings. The molecule has 3 rings (SSSR count). The van der Waals surface area contributed by atoms with E-state index >= 15 is 0 Å². The Balaban J connectivity index is 1.49. The number of carbonyl (C=O) groups is 1. The average molecular weight is 459 g/mol. The number of esters is 1. The van der Waals surface area contributed by atoms with Gasteiger partial charge in [-0.1, -0.05) is 24.3 Å². The molecule has 1 unspecified atom stereocenters. The van der Waals surface area contributed by atoms with Crippen molar-refractivity contribution in [3.05, 3.63) is 54.1 Å². The maximum Gasteiger partial charge on any atom is 0.323 e. The van der Waals surface area contributed by atoms with Gasteiger partial charge in [-0.05, 0) is 68.9 Å². The van der Waals surface area contributed by atoms with Gasteiger partial charge >= 0.3 is 5.97 Å². The SMILES string of the molecule is CCOCN[C@H](Cc1ccc(OCON(N)c2ccccc2N)cc1)C(=O)OC(C)C1CC1. The first-order valence-electron chi connectivity index (χ1n) is 11.2. The van der Waals surface area contributed by atoms with Crippen molar-refractivity contribution in [2.45, 2.75) is 45.3 Å². The second kappa shape index (κ2) is 12.4. The molecule has 0 heterocycles. The van der Waals surface area contributed by atoms with Crippen molar-refractivity contribution in [3.63, 3.8) is 0 Å². The van der Waals surface area contributed by atoms with Gasteiger partial charge in [0.15, 0.2) is 0 Å². The van der Waals surface area contributed by atoms with Crippen LogP contribution in [0.4, 0.5) is 11.4 Å². The third kappa shape index (κ3) is 7.90. The molecule has 1 saturated carbocycles. The van der Waals surface area contributed by atoms with E-state index < -0.39 is 6.04 Å². The molecule has 2 aromatic carbocycles. The number of nitrogen functional groups attached to an aromatic ring is 1. The molecule has 33 heavy (non-hydrogen) atoms. The number of benzene rings is 2. The highest BCUT2D eigenvalue weighted by Crippen LogP contribution is 2.34. The van der Waals surface area contributed by atoms with Crippen molar-refractivity contribution in [1.29, 1.82) is 0 Å². The van der Waals surface area contributed by atoms with Crippen molar-refractivity contribution in [1.82, 2.24) is 5.32 Å². The van der Waals surface area contributed by atoms with Crippen LogP contribution < -0.4 is 26.8 Å². The molecule has 9 nitrogen and oxygen atoms in total. The van der Waals surface area contributed by atoms with Crippen LogP contribution in [0.2, 0.25) is 0 Å². The summed E-state index contributed by atoms with van der Waals surface area (Å²) in [5, 5.41) is 4.21. The fourth-order valence-corrected chi connectivity index (χ4v) is 3.29. The molecule has 0 saturated heterocycles. The van der Waals surface area contributed by atoms with Gasteiger partial charge in [0, 0.05) is 6.61 Å². The van der Waals surface area contributed by atoms with E-state index in [1.807, 2.05) is 50.2 Å². The number of ether oxygens (including phenoxy) is 3. The standard InChI is InChI=1S/C24H34N4O5/c1-3-30-15-27-22(24(29)33-17(2)19-10-11-19)14-18-8-12-20(13-9-18)31-16-32-28(26)23-7-5-4-6-21(23)25/h4-9,12-13,17,19,22,27H,3,10-11,14-16,25-26H2,1-2H3/t17?,22-/m1/s1. The zero-order valence-corrected chi connectivity index (χ0v) is 19.2. The first-order valence-corrected chi connectivity index (χ1v) is 11.2. The Labute approximate surface area is 194 Å². The Morgan fingerprint density at radius 1 is 1.18 bits per heavy atom. The summed E-state index contributed by atoms with van der Waals surface area (Å²) in [5.41, 5.74) is 7.89. The highest BCUT2D eigenvalue weighted by atomic mass is 16.8. The first kappa shape index (κ1) is 24.8. The van der Waals surface area contributed by atoms with Crippen molar-refractivity contribution < 1.29 is 23.8 Å². The molecule has 0 aliphatic heterocycles. The van der Waals surface area contributed by atoms with Crippen LogP contribution in [-0.4, -0.2) is 38.2 Å². The molecule has 0 aromatic heterocycles. The van der Waals surface area contributed by atoms with Crippen molar-refractivity contribution in [2.75, 3.05) is 31.0 Å². The molecule has 2 atom stereocenters. The predicted octanol–water partition coefficient (Wildman–Crippen LogP) is 2.75. The average Bonchev–Trinajstić information content (AvgIpc) is 3.65. The van der Waals surface area contributed by atoms with E-state index in [9.17, 15) is 4.79 Å². The Kier molecular flexibility index (Phi) is 9.32. The maximum absolute atomic E-state index is 12.7. The number of nitrogens with one attached hydrogen (secondary N) is 1. The summed E-state index contributed by atoms with van der Waals surface area (Å²) in [6.07, 6.45) is 2.66. The lowest BCUT2D eigenvalue weighted by Gasteiger charge is -2.21. The number of hydrogen-bond acceptors (Lipinski definition) is 9. The number of nitrogens with zero attached hydrogens (tertiary/aromatic N) is 1. The molecule has 0 spiro atoms. The minimum absolute atomic E-state index is 0.0574. The molecule has 5 N–H and O–H groups in total. The molecular weight excluding hydrogens is 424 g/mol. The van der Waals surface area contributed by atoms with Crippen LogP contribution >= 0.6 is 0 Å². The Bertz CT molecular complexity index is 875. The molecule has 0 amide bonds. The minimum Gasteiger partial charge on any atom is -0.465 e. The number of nitrogens with two attached hydrogens (primary N) is 2. The minimum atomic E-state index is -0.491. The third-order valence-corrected chi connectivity index (χ3v) is 5.46. The fraction of sp³-hybridized carbons (Fsp3) is 0.458. The van der Waals surface area contributed by atoms with E-state index in [0.29, 0.717) is 36.1 Å². The highest BCUT2D eigenvalue weighted by Gasteiger charge is 2.32. The smallest absolute Gasteiger partial charge is 0.323 e. The molecular formula is C24H34N4O5. The lowest BCUT2D eigenvalue weighted by Crippen LogP contribution is -2.42. The van der Waals surface area contributed by atoms with Gasteiger partial charge in [-0.2, -0.15) is 5.17 Å². The van der Waals surface area contributed by atoms with E-state index in [2.05, 4.69) is 5.32 Å². The van der Waals surface area contributed by atoms with Crippen molar-refractivity contribution in [2.24, 2.45) is 11.8 Å². The molecule has 180 valence electrons. The van der Waals surface area contributed by atoms with E-state index in [0.717, 1.165) is 23.6 Å². The lowest BCUT2D eigenvalue weighted by atomic mass is 10.1. The molecule has 9 heteroatoms. The third-order valence-electron chi connectivity index (χ3n) is 5.46. The van der Waals surface area contributed by atoms with E-state index in [4.69, 9.17) is 30.6 Å². The molecule has 0 radical (unpaired) electrons. The number of carbonyl (C=O) groups excluding carboxylic acids is 1. The Morgan fingerprint density at radius 2 is 1.91 bits per heavy atom. The zero-order chi connectivity index (χ0) is 23.6. The number of hydrogen-bond donors (Lipinski definition) is 3. The van der Waals surface area contributed by atoms with Crippen LogP contribution in [0.1, 0.15) is 32.3 Å². The van der Waals surface area contributed by atoms with Crippen LogP contribution in [0.5, 0.6) is 5.75 Å². The second-order valence-corrected chi connectivity index (χ2v) is 8.00. The van der Waals surface area contributed by atoms with Gasteiger partial charge in [0.25, 0.3) is 0 Å². The summed E-state index contributed by atoms with van der Waals surface area (Å²) in [6.45, 7) is 4.63. The second-order valence-electron chi connectivity index (χ2n) is 8.00. The van der Waals surface area contributed by atoms with Gasteiger partial charge in [0.1, 0.15) is 23.6 Å². The topological polar surface area (TPSA) is 121 Å². The number of para-hydroxylation sites is 2. The summed E-state index contributed by atoms with van der Waals surface area (Å²) >= 11 is 0. The van der Waals surface area contributed by atoms with Crippen molar-refractivity contribution >= 4 is 17.3 Å². The number of hydrazine groups is 1. The largest absolute Gasteiger partial charge is 0.465 e. The number of rotatable bonds is 14. The molecule has 2 aromatic rings. The molecule has 1 aliphatic rings. The summed E-state index contributed by atoms with van der Waals surface area (Å²) in [6, 6.07) is 14.0. The van der Waals surface area contributed by atoms with Gasteiger partial charge in [-0.3, -0.25) is 10.1 Å². The predicted molar refractivity (Wildman–Crippen MR) is 126 cm³/mol. The van der Waals surface area contributed by atoms with Gasteiger partial charge in [-0.15, -0.1) is 0 Å². The monoisotopic (exact) mass is 458 g/mol. The van der Waals surface area contributed by atoms with Crippen LogP contribution in [0, 0.1) is 5.92 Å². The Morgan fingerprint density at radius 3 is 2.58 bits per heavy atom. The quantitative estimate of drug-likeness (QED) is 0.0979. The summed E-state index contributed by atoms with van der Waals surface area (Å²) in [4.78, 5) is 18.1. The van der Waals surface area contributed by atoms with Gasteiger partial charge < -0.3 is 19.9 Å². The normalized spacial score (nSPS) is 15.0. The summed E-state index contributed by atoms with van der Waals surface area (Å²) in [5.74, 6) is 6.70. The van der Waals surface area contributed by atoms with Crippen LogP contribution in [0.15, 0.2) is 48.5 Å². The molecule has 0 bridgehead atoms. The van der Waals surface area contributed by atoms with E-state index in [1.54, 1.807) is 12.1 Å². The lowest BCUT2D eigenvalue weighted by molar-refractivity contribution is -0.152. The Hall–Kier alpha value is -2.85. The van der Waals surface area contributed by atoms with Crippen molar-refractivity contribution in [3.8, 4) is 5.75 Å². The number of anilines is 2. The van der Waals surface area contributed by atoms with Crippen LogP contribution in [-0.2, 0) is 25.5 Å². The molecule has 1 aliphatic carbocycles. The van der Waals surface area contributed by atoms with Crippen LogP contribution in [0.25, 0.3) is 0 Å².